The lowest BCUT2D eigenvalue weighted by Gasteiger charge is -2.19. The molecule has 3 N–H and O–H groups in total. The lowest BCUT2D eigenvalue weighted by Crippen LogP contribution is -2.40. The van der Waals surface area contributed by atoms with E-state index < -0.39 is 11.4 Å². The third kappa shape index (κ3) is 1.90. The van der Waals surface area contributed by atoms with Crippen LogP contribution in [0.2, 0.25) is 0 Å². The van der Waals surface area contributed by atoms with Crippen LogP contribution in [-0.4, -0.2) is 18.5 Å². The topological polar surface area (TPSA) is 81.4 Å². The van der Waals surface area contributed by atoms with Gasteiger partial charge in [-0.2, -0.15) is 0 Å². The minimum absolute atomic E-state index is 0. The standard InChI is InChI=1S/C12H14N2O3.ClH/c1-3-17-11(16)12(2)8-5-4-7(13)6-9(8)14-10(12)15;/h4-6H,3,13H2,1-2H3,(H,14,15);1H. The van der Waals surface area contributed by atoms with Crippen molar-refractivity contribution >= 4 is 35.7 Å². The van der Waals surface area contributed by atoms with Gasteiger partial charge >= 0.3 is 5.97 Å². The van der Waals surface area contributed by atoms with Gasteiger partial charge in [0.15, 0.2) is 5.41 Å². The monoisotopic (exact) mass is 270 g/mol. The van der Waals surface area contributed by atoms with E-state index in [4.69, 9.17) is 10.5 Å². The van der Waals surface area contributed by atoms with Crippen molar-refractivity contribution in [3.8, 4) is 0 Å². The third-order valence-electron chi connectivity index (χ3n) is 2.97. The SMILES string of the molecule is CCOC(=O)C1(C)C(=O)Nc2cc(N)ccc21.Cl. The first-order chi connectivity index (χ1) is 8.00. The Kier molecular flexibility index (Phi) is 3.86. The third-order valence-corrected chi connectivity index (χ3v) is 2.97. The van der Waals surface area contributed by atoms with Gasteiger partial charge in [-0.05, 0) is 26.0 Å². The molecule has 0 saturated carbocycles. The highest BCUT2D eigenvalue weighted by molar-refractivity contribution is 6.19. The van der Waals surface area contributed by atoms with E-state index in [0.29, 0.717) is 16.9 Å². The summed E-state index contributed by atoms with van der Waals surface area (Å²) in [5, 5.41) is 2.65. The molecule has 0 spiro atoms. The molecule has 1 aliphatic rings. The Hall–Kier alpha value is -1.75. The summed E-state index contributed by atoms with van der Waals surface area (Å²) in [6, 6.07) is 4.98. The van der Waals surface area contributed by atoms with Crippen LogP contribution in [0.15, 0.2) is 18.2 Å². The van der Waals surface area contributed by atoms with E-state index in [-0.39, 0.29) is 24.9 Å². The molecule has 1 heterocycles. The van der Waals surface area contributed by atoms with Crippen molar-refractivity contribution in [2.24, 2.45) is 0 Å². The van der Waals surface area contributed by atoms with Crippen LogP contribution < -0.4 is 11.1 Å². The van der Waals surface area contributed by atoms with Crippen LogP contribution >= 0.6 is 12.4 Å². The number of nitrogen functional groups attached to an aromatic ring is 1. The van der Waals surface area contributed by atoms with Crippen molar-refractivity contribution in [3.63, 3.8) is 0 Å². The van der Waals surface area contributed by atoms with Gasteiger partial charge < -0.3 is 15.8 Å². The van der Waals surface area contributed by atoms with Crippen molar-refractivity contribution in [2.75, 3.05) is 17.7 Å². The van der Waals surface area contributed by atoms with Crippen LogP contribution in [0, 0.1) is 0 Å². The highest BCUT2D eigenvalue weighted by Crippen LogP contribution is 2.39. The Balaban J connectivity index is 0.00000162. The molecule has 1 atom stereocenters. The number of ether oxygens (including phenoxy) is 1. The van der Waals surface area contributed by atoms with Gasteiger partial charge in [0, 0.05) is 16.9 Å². The van der Waals surface area contributed by atoms with Crippen LogP contribution in [0.3, 0.4) is 0 Å². The molecule has 18 heavy (non-hydrogen) atoms. The summed E-state index contributed by atoms with van der Waals surface area (Å²) >= 11 is 0. The van der Waals surface area contributed by atoms with Crippen molar-refractivity contribution < 1.29 is 14.3 Å². The predicted molar refractivity (Wildman–Crippen MR) is 70.7 cm³/mol. The van der Waals surface area contributed by atoms with Crippen molar-refractivity contribution in [1.29, 1.82) is 0 Å². The molecular weight excluding hydrogens is 256 g/mol. The first-order valence-corrected chi connectivity index (χ1v) is 5.38. The average molecular weight is 271 g/mol. The molecule has 1 amide bonds. The minimum Gasteiger partial charge on any atom is -0.465 e. The number of rotatable bonds is 2. The van der Waals surface area contributed by atoms with Crippen LogP contribution in [-0.2, 0) is 19.7 Å². The van der Waals surface area contributed by atoms with Crippen molar-refractivity contribution in [3.05, 3.63) is 23.8 Å². The van der Waals surface area contributed by atoms with Crippen molar-refractivity contribution in [2.45, 2.75) is 19.3 Å². The number of halogens is 1. The Morgan fingerprint density at radius 3 is 2.78 bits per heavy atom. The van der Waals surface area contributed by atoms with Crippen LogP contribution in [0.4, 0.5) is 11.4 Å². The van der Waals surface area contributed by atoms with Gasteiger partial charge in [0.2, 0.25) is 5.91 Å². The summed E-state index contributed by atoms with van der Waals surface area (Å²) in [7, 11) is 0. The van der Waals surface area contributed by atoms with Gasteiger partial charge in [-0.15, -0.1) is 12.4 Å². The van der Waals surface area contributed by atoms with Crippen LogP contribution in [0.25, 0.3) is 0 Å². The highest BCUT2D eigenvalue weighted by Gasteiger charge is 2.50. The minimum atomic E-state index is -1.28. The van der Waals surface area contributed by atoms with Crippen molar-refractivity contribution in [1.82, 2.24) is 0 Å². The van der Waals surface area contributed by atoms with Crippen LogP contribution in [0.1, 0.15) is 19.4 Å². The summed E-state index contributed by atoms with van der Waals surface area (Å²) < 4.78 is 4.96. The average Bonchev–Trinajstić information content (AvgIpc) is 2.52. The zero-order chi connectivity index (χ0) is 12.6. The number of esters is 1. The smallest absolute Gasteiger partial charge is 0.326 e. The molecule has 2 rings (SSSR count). The zero-order valence-electron chi connectivity index (χ0n) is 10.1. The molecule has 5 nitrogen and oxygen atoms in total. The number of hydrogen-bond acceptors (Lipinski definition) is 4. The molecule has 6 heteroatoms. The number of anilines is 2. The Morgan fingerprint density at radius 1 is 1.50 bits per heavy atom. The molecule has 1 aromatic rings. The molecule has 0 aromatic heterocycles. The second kappa shape index (κ2) is 4.86. The maximum atomic E-state index is 11.9. The Bertz CT molecular complexity index is 504. The molecule has 0 saturated heterocycles. The second-order valence-electron chi connectivity index (χ2n) is 4.10. The molecule has 0 fully saturated rings. The summed E-state index contributed by atoms with van der Waals surface area (Å²) in [6.07, 6.45) is 0. The fraction of sp³-hybridized carbons (Fsp3) is 0.333. The number of carbonyl (C=O) groups excluding carboxylic acids is 2. The largest absolute Gasteiger partial charge is 0.465 e. The molecule has 98 valence electrons. The van der Waals surface area contributed by atoms with E-state index >= 15 is 0 Å². The quantitative estimate of drug-likeness (QED) is 0.484. The number of carbonyl (C=O) groups is 2. The van der Waals surface area contributed by atoms with E-state index in [9.17, 15) is 9.59 Å². The number of benzene rings is 1. The molecule has 0 aliphatic carbocycles. The van der Waals surface area contributed by atoms with E-state index in [0.717, 1.165) is 0 Å². The fourth-order valence-electron chi connectivity index (χ4n) is 1.95. The van der Waals surface area contributed by atoms with E-state index in [1.165, 1.54) is 0 Å². The molecule has 1 aliphatic heterocycles. The summed E-state index contributed by atoms with van der Waals surface area (Å²) in [6.45, 7) is 3.51. The lowest BCUT2D eigenvalue weighted by atomic mass is 9.84. The summed E-state index contributed by atoms with van der Waals surface area (Å²) in [5.74, 6) is -0.919. The number of nitrogens with two attached hydrogens (primary N) is 1. The number of fused-ring (bicyclic) bond motifs is 1. The summed E-state index contributed by atoms with van der Waals surface area (Å²) in [4.78, 5) is 23.8. The zero-order valence-corrected chi connectivity index (χ0v) is 11.0. The summed E-state index contributed by atoms with van der Waals surface area (Å²) in [5.41, 5.74) is 6.07. The highest BCUT2D eigenvalue weighted by atomic mass is 35.5. The van der Waals surface area contributed by atoms with Gasteiger partial charge in [0.25, 0.3) is 0 Å². The second-order valence-corrected chi connectivity index (χ2v) is 4.10. The lowest BCUT2D eigenvalue weighted by molar-refractivity contribution is -0.152. The van der Waals surface area contributed by atoms with Gasteiger partial charge in [-0.1, -0.05) is 6.07 Å². The van der Waals surface area contributed by atoms with Gasteiger partial charge in [-0.25, -0.2) is 0 Å². The first kappa shape index (κ1) is 14.3. The number of hydrogen-bond donors (Lipinski definition) is 2. The maximum absolute atomic E-state index is 11.9. The number of amides is 1. The Labute approximate surface area is 111 Å². The fourth-order valence-corrected chi connectivity index (χ4v) is 1.95. The van der Waals surface area contributed by atoms with Gasteiger partial charge in [0.1, 0.15) is 0 Å². The normalized spacial score (nSPS) is 20.7. The molecule has 0 bridgehead atoms. The predicted octanol–water partition coefficient (Wildman–Crippen LogP) is 1.46. The van der Waals surface area contributed by atoms with E-state index in [2.05, 4.69) is 5.32 Å². The molecule has 1 unspecified atom stereocenters. The maximum Gasteiger partial charge on any atom is 0.326 e. The molecule has 0 radical (unpaired) electrons. The Morgan fingerprint density at radius 2 is 2.17 bits per heavy atom. The van der Waals surface area contributed by atoms with E-state index in [1.54, 1.807) is 32.0 Å². The number of nitrogens with one attached hydrogen (secondary N) is 1. The molecule has 1 aromatic carbocycles. The van der Waals surface area contributed by atoms with Crippen LogP contribution in [0.5, 0.6) is 0 Å². The van der Waals surface area contributed by atoms with Gasteiger partial charge in [-0.3, -0.25) is 9.59 Å². The van der Waals surface area contributed by atoms with E-state index in [1.807, 2.05) is 0 Å². The first-order valence-electron chi connectivity index (χ1n) is 5.38. The van der Waals surface area contributed by atoms with Gasteiger partial charge in [0.05, 0.1) is 6.61 Å². The molecular formula is C12H15ClN2O3.